The minimum absolute atomic E-state index is 0.252. The molecule has 6 heteroatoms. The van der Waals surface area contributed by atoms with E-state index in [-0.39, 0.29) is 12.5 Å². The molecule has 0 amide bonds. The van der Waals surface area contributed by atoms with E-state index in [1.165, 1.54) is 18.4 Å². The zero-order valence-electron chi connectivity index (χ0n) is 8.55. The first-order valence-corrected chi connectivity index (χ1v) is 6.21. The van der Waals surface area contributed by atoms with Crippen molar-refractivity contribution in [2.45, 2.75) is 36.7 Å². The van der Waals surface area contributed by atoms with Crippen molar-refractivity contribution in [1.29, 1.82) is 0 Å². The summed E-state index contributed by atoms with van der Waals surface area (Å²) in [7, 11) is -0.218. The van der Waals surface area contributed by atoms with Gasteiger partial charge in [-0.1, -0.05) is 0 Å². The molecule has 0 heterocycles. The lowest BCUT2D eigenvalue weighted by Gasteiger charge is -2.31. The highest BCUT2D eigenvalue weighted by Crippen LogP contribution is 2.24. The third-order valence-corrected chi connectivity index (χ3v) is 5.04. The minimum atomic E-state index is -3.24. The second-order valence-corrected chi connectivity index (χ2v) is 6.42. The number of hydrogen-bond acceptors (Lipinski definition) is 4. The molecule has 14 heavy (non-hydrogen) atoms. The average molecular weight is 222 g/mol. The van der Waals surface area contributed by atoms with Crippen molar-refractivity contribution in [2.75, 3.05) is 14.1 Å². The maximum absolute atomic E-state index is 11.7. The van der Waals surface area contributed by atoms with Crippen LogP contribution >= 0.6 is 0 Å². The monoisotopic (exact) mass is 222 g/mol. The summed E-state index contributed by atoms with van der Waals surface area (Å²) >= 11 is 0. The molecule has 1 aliphatic carbocycles. The number of nitrogens with two attached hydrogens (primary N) is 1. The second-order valence-electron chi connectivity index (χ2n) is 3.99. The lowest BCUT2D eigenvalue weighted by molar-refractivity contribution is 0.109. The Hall–Kier alpha value is -0.170. The number of hydrogen-bond donors (Lipinski definition) is 2. The Bertz CT molecular complexity index is 289. The quantitative estimate of drug-likeness (QED) is 0.635. The van der Waals surface area contributed by atoms with E-state index in [9.17, 15) is 13.5 Å². The van der Waals surface area contributed by atoms with Gasteiger partial charge in [-0.25, -0.2) is 12.7 Å². The molecule has 1 fully saturated rings. The zero-order chi connectivity index (χ0) is 10.9. The normalized spacial score (nSPS) is 34.8. The van der Waals surface area contributed by atoms with Gasteiger partial charge in [-0.05, 0) is 19.3 Å². The lowest BCUT2D eigenvalue weighted by atomic mass is 9.93. The van der Waals surface area contributed by atoms with Gasteiger partial charge in [0.2, 0.25) is 10.0 Å². The first-order chi connectivity index (χ1) is 6.35. The third kappa shape index (κ3) is 2.25. The van der Waals surface area contributed by atoms with Gasteiger partial charge in [0.1, 0.15) is 0 Å². The molecular weight excluding hydrogens is 204 g/mol. The van der Waals surface area contributed by atoms with Gasteiger partial charge in [-0.2, -0.15) is 0 Å². The van der Waals surface area contributed by atoms with Crippen LogP contribution in [0.3, 0.4) is 0 Å². The minimum Gasteiger partial charge on any atom is -0.391 e. The van der Waals surface area contributed by atoms with Crippen LogP contribution in [0.4, 0.5) is 0 Å². The first kappa shape index (κ1) is 11.9. The fraction of sp³-hybridized carbons (Fsp3) is 1.00. The Kier molecular flexibility index (Phi) is 3.52. The van der Waals surface area contributed by atoms with Crippen LogP contribution < -0.4 is 5.73 Å². The van der Waals surface area contributed by atoms with Crippen LogP contribution in [0.25, 0.3) is 0 Å². The highest BCUT2D eigenvalue weighted by atomic mass is 32.2. The van der Waals surface area contributed by atoms with Crippen LogP contribution in [-0.4, -0.2) is 49.3 Å². The van der Waals surface area contributed by atoms with Crippen LogP contribution in [0.1, 0.15) is 19.3 Å². The standard InChI is InChI=1S/C8H18N2O3S/c1-10(2)14(12,13)6-3-4-7(9)8(11)5-6/h6-8,11H,3-5,9H2,1-2H3. The van der Waals surface area contributed by atoms with E-state index in [4.69, 9.17) is 5.73 Å². The first-order valence-electron chi connectivity index (χ1n) is 4.70. The number of aliphatic hydroxyl groups excluding tert-OH is 1. The predicted octanol–water partition coefficient (Wildman–Crippen LogP) is -0.881. The van der Waals surface area contributed by atoms with E-state index in [0.717, 1.165) is 0 Å². The van der Waals surface area contributed by atoms with Gasteiger partial charge in [0.05, 0.1) is 11.4 Å². The summed E-state index contributed by atoms with van der Waals surface area (Å²) in [6.07, 6.45) is 0.669. The second kappa shape index (κ2) is 4.14. The Morgan fingerprint density at radius 1 is 1.36 bits per heavy atom. The smallest absolute Gasteiger partial charge is 0.216 e. The van der Waals surface area contributed by atoms with Crippen LogP contribution in [-0.2, 0) is 10.0 Å². The van der Waals surface area contributed by atoms with Gasteiger partial charge >= 0.3 is 0 Å². The molecule has 0 aromatic heterocycles. The van der Waals surface area contributed by atoms with Crippen molar-refractivity contribution < 1.29 is 13.5 Å². The molecule has 0 radical (unpaired) electrons. The highest BCUT2D eigenvalue weighted by Gasteiger charge is 2.35. The van der Waals surface area contributed by atoms with Gasteiger partial charge in [-0.3, -0.25) is 0 Å². The Morgan fingerprint density at radius 3 is 2.36 bits per heavy atom. The van der Waals surface area contributed by atoms with Crippen LogP contribution in [0.5, 0.6) is 0 Å². The SMILES string of the molecule is CN(C)S(=O)(=O)C1CCC(N)C(O)C1. The lowest BCUT2D eigenvalue weighted by Crippen LogP contribution is -2.46. The van der Waals surface area contributed by atoms with Crippen molar-refractivity contribution in [3.8, 4) is 0 Å². The molecule has 1 rings (SSSR count). The predicted molar refractivity (Wildman–Crippen MR) is 54.2 cm³/mol. The van der Waals surface area contributed by atoms with E-state index in [0.29, 0.717) is 12.8 Å². The highest BCUT2D eigenvalue weighted by molar-refractivity contribution is 7.89. The summed E-state index contributed by atoms with van der Waals surface area (Å²) in [5, 5.41) is 9.01. The number of rotatable bonds is 2. The van der Waals surface area contributed by atoms with Crippen molar-refractivity contribution in [1.82, 2.24) is 4.31 Å². The molecular formula is C8H18N2O3S. The summed E-state index contributed by atoms with van der Waals surface area (Å²) < 4.78 is 24.6. The summed E-state index contributed by atoms with van der Waals surface area (Å²) in [5.74, 6) is 0. The summed E-state index contributed by atoms with van der Waals surface area (Å²) in [6, 6.07) is -0.274. The van der Waals surface area contributed by atoms with Crippen LogP contribution in [0, 0.1) is 0 Å². The van der Waals surface area contributed by atoms with Crippen LogP contribution in [0.2, 0.25) is 0 Å². The molecule has 1 aliphatic rings. The van der Waals surface area contributed by atoms with Gasteiger partial charge in [0.15, 0.2) is 0 Å². The Balaban J connectivity index is 2.73. The zero-order valence-corrected chi connectivity index (χ0v) is 9.37. The molecule has 0 bridgehead atoms. The van der Waals surface area contributed by atoms with Crippen molar-refractivity contribution in [2.24, 2.45) is 5.73 Å². The fourth-order valence-electron chi connectivity index (χ4n) is 1.70. The van der Waals surface area contributed by atoms with Crippen molar-refractivity contribution >= 4 is 10.0 Å². The molecule has 3 atom stereocenters. The summed E-state index contributed by atoms with van der Waals surface area (Å²) in [5.41, 5.74) is 5.60. The van der Waals surface area contributed by atoms with E-state index in [2.05, 4.69) is 0 Å². The number of sulfonamides is 1. The molecule has 0 aliphatic heterocycles. The topological polar surface area (TPSA) is 83.6 Å². The molecule has 0 saturated heterocycles. The summed E-state index contributed by atoms with van der Waals surface area (Å²) in [6.45, 7) is 0. The maximum atomic E-state index is 11.7. The van der Waals surface area contributed by atoms with E-state index < -0.39 is 21.4 Å². The molecule has 3 N–H and O–H groups in total. The van der Waals surface area contributed by atoms with Crippen molar-refractivity contribution in [3.63, 3.8) is 0 Å². The summed E-state index contributed by atoms with van der Waals surface area (Å²) in [4.78, 5) is 0. The van der Waals surface area contributed by atoms with E-state index >= 15 is 0 Å². The van der Waals surface area contributed by atoms with Crippen molar-refractivity contribution in [3.05, 3.63) is 0 Å². The molecule has 0 spiro atoms. The Labute approximate surface area is 84.9 Å². The maximum Gasteiger partial charge on any atom is 0.216 e. The van der Waals surface area contributed by atoms with Crippen LogP contribution in [0.15, 0.2) is 0 Å². The molecule has 0 aromatic carbocycles. The van der Waals surface area contributed by atoms with Gasteiger partial charge < -0.3 is 10.8 Å². The molecule has 3 unspecified atom stereocenters. The Morgan fingerprint density at radius 2 is 1.93 bits per heavy atom. The third-order valence-electron chi connectivity index (χ3n) is 2.75. The molecule has 5 nitrogen and oxygen atoms in total. The fourth-order valence-corrected chi connectivity index (χ4v) is 3.17. The van der Waals surface area contributed by atoms with E-state index in [1.54, 1.807) is 0 Å². The van der Waals surface area contributed by atoms with Gasteiger partial charge in [0, 0.05) is 20.1 Å². The van der Waals surface area contributed by atoms with Gasteiger partial charge in [0.25, 0.3) is 0 Å². The van der Waals surface area contributed by atoms with E-state index in [1.807, 2.05) is 0 Å². The molecule has 0 aromatic rings. The largest absolute Gasteiger partial charge is 0.391 e. The average Bonchev–Trinajstić information content (AvgIpc) is 2.09. The van der Waals surface area contributed by atoms with Gasteiger partial charge in [-0.15, -0.1) is 0 Å². The number of nitrogens with zero attached hydrogens (tertiary/aromatic N) is 1. The molecule has 1 saturated carbocycles. The number of aliphatic hydroxyl groups is 1. The molecule has 84 valence electrons.